The Balaban J connectivity index is 2.50. The van der Waals surface area contributed by atoms with Gasteiger partial charge in [-0.25, -0.2) is 9.59 Å². The fourth-order valence-electron chi connectivity index (χ4n) is 1.24. The third-order valence-corrected chi connectivity index (χ3v) is 2.09. The Morgan fingerprint density at radius 1 is 1.35 bits per heavy atom. The van der Waals surface area contributed by atoms with Crippen LogP contribution in [0.3, 0.4) is 0 Å². The van der Waals surface area contributed by atoms with Crippen molar-refractivity contribution in [1.29, 1.82) is 0 Å². The molecule has 0 aromatic heterocycles. The molecule has 4 nitrogen and oxygen atoms in total. The molecule has 0 aliphatic heterocycles. The van der Waals surface area contributed by atoms with E-state index in [-0.39, 0.29) is 6.54 Å². The van der Waals surface area contributed by atoms with Gasteiger partial charge in [0.25, 0.3) is 0 Å². The molecular formula is C13H15NO3. The second-order valence-electron chi connectivity index (χ2n) is 3.44. The van der Waals surface area contributed by atoms with Crippen LogP contribution < -0.4 is 5.32 Å². The molecule has 1 N–H and O–H groups in total. The van der Waals surface area contributed by atoms with Gasteiger partial charge in [-0.05, 0) is 12.0 Å². The van der Waals surface area contributed by atoms with Crippen LogP contribution in [0.25, 0.3) is 5.57 Å². The molecule has 0 saturated carbocycles. The van der Waals surface area contributed by atoms with Gasteiger partial charge in [0.2, 0.25) is 0 Å². The first-order valence-electron chi connectivity index (χ1n) is 5.48. The lowest BCUT2D eigenvalue weighted by Gasteiger charge is -2.06. The highest BCUT2D eigenvalue weighted by Crippen LogP contribution is 2.09. The van der Waals surface area contributed by atoms with Crippen molar-refractivity contribution < 1.29 is 14.3 Å². The molecular weight excluding hydrogens is 218 g/mol. The van der Waals surface area contributed by atoms with Crippen molar-refractivity contribution >= 4 is 17.6 Å². The van der Waals surface area contributed by atoms with E-state index in [0.717, 1.165) is 12.0 Å². The highest BCUT2D eigenvalue weighted by atomic mass is 16.5. The summed E-state index contributed by atoms with van der Waals surface area (Å²) in [7, 11) is 0. The van der Waals surface area contributed by atoms with Crippen molar-refractivity contribution in [2.75, 3.05) is 13.2 Å². The number of hydrogen-bond acceptors (Lipinski definition) is 3. The smallest absolute Gasteiger partial charge is 0.407 e. The van der Waals surface area contributed by atoms with Crippen molar-refractivity contribution in [3.8, 4) is 0 Å². The second kappa shape index (κ2) is 7.25. The molecule has 4 heteroatoms. The summed E-state index contributed by atoms with van der Waals surface area (Å²) in [6.45, 7) is 2.40. The summed E-state index contributed by atoms with van der Waals surface area (Å²) in [5.74, 6) is 1.83. The molecule has 1 aromatic rings. The van der Waals surface area contributed by atoms with Gasteiger partial charge in [-0.15, -0.1) is 0 Å². The Morgan fingerprint density at radius 2 is 2.06 bits per heavy atom. The standard InChI is InChI=1S/C13H15NO3/c1-2-8-17-13(16)14-9-12(10-15)11-6-4-3-5-7-11/h3-7H,2,8-9H2,1H3,(H,14,16). The van der Waals surface area contributed by atoms with Crippen molar-refractivity contribution in [1.82, 2.24) is 5.32 Å². The first-order chi connectivity index (χ1) is 8.27. The van der Waals surface area contributed by atoms with Crippen LogP contribution in [-0.4, -0.2) is 25.2 Å². The molecule has 0 unspecified atom stereocenters. The lowest BCUT2D eigenvalue weighted by Crippen LogP contribution is -2.26. The Morgan fingerprint density at radius 3 is 2.65 bits per heavy atom. The molecule has 0 bridgehead atoms. The van der Waals surface area contributed by atoms with Crippen molar-refractivity contribution in [2.45, 2.75) is 13.3 Å². The molecule has 0 fully saturated rings. The van der Waals surface area contributed by atoms with Gasteiger partial charge in [0, 0.05) is 0 Å². The lowest BCUT2D eigenvalue weighted by molar-refractivity contribution is 0.147. The Bertz CT molecular complexity index is 408. The molecule has 0 atom stereocenters. The van der Waals surface area contributed by atoms with Crippen LogP contribution in [0.15, 0.2) is 30.3 Å². The fraction of sp³-hybridized carbons (Fsp3) is 0.308. The molecule has 0 aliphatic carbocycles. The maximum atomic E-state index is 11.2. The summed E-state index contributed by atoms with van der Waals surface area (Å²) in [5.41, 5.74) is 1.15. The van der Waals surface area contributed by atoms with Gasteiger partial charge >= 0.3 is 6.09 Å². The zero-order chi connectivity index (χ0) is 12.5. The normalized spacial score (nSPS) is 9.24. The number of carbonyl (C=O) groups is 1. The number of ether oxygens (including phenoxy) is 1. The number of benzene rings is 1. The van der Waals surface area contributed by atoms with E-state index in [4.69, 9.17) is 4.74 Å². The third-order valence-electron chi connectivity index (χ3n) is 2.09. The van der Waals surface area contributed by atoms with Gasteiger partial charge in [-0.1, -0.05) is 37.3 Å². The average molecular weight is 233 g/mol. The van der Waals surface area contributed by atoms with Crippen LogP contribution in [0.2, 0.25) is 0 Å². The fourth-order valence-corrected chi connectivity index (χ4v) is 1.24. The minimum absolute atomic E-state index is 0.121. The number of amides is 1. The maximum absolute atomic E-state index is 11.2. The van der Waals surface area contributed by atoms with E-state index in [1.165, 1.54) is 0 Å². The quantitative estimate of drug-likeness (QED) is 0.792. The summed E-state index contributed by atoms with van der Waals surface area (Å²) in [5, 5.41) is 2.51. The Hall–Kier alpha value is -2.06. The summed E-state index contributed by atoms with van der Waals surface area (Å²) < 4.78 is 4.83. The van der Waals surface area contributed by atoms with E-state index in [9.17, 15) is 9.59 Å². The lowest BCUT2D eigenvalue weighted by atomic mass is 10.1. The van der Waals surface area contributed by atoms with E-state index in [0.29, 0.717) is 12.2 Å². The number of nitrogens with one attached hydrogen (secondary N) is 1. The summed E-state index contributed by atoms with van der Waals surface area (Å²) in [4.78, 5) is 22.0. The molecule has 17 heavy (non-hydrogen) atoms. The topological polar surface area (TPSA) is 55.4 Å². The van der Waals surface area contributed by atoms with E-state index < -0.39 is 6.09 Å². The largest absolute Gasteiger partial charge is 0.450 e. The van der Waals surface area contributed by atoms with Crippen molar-refractivity contribution in [3.63, 3.8) is 0 Å². The predicted molar refractivity (Wildman–Crippen MR) is 65.2 cm³/mol. The maximum Gasteiger partial charge on any atom is 0.407 e. The first-order valence-corrected chi connectivity index (χ1v) is 5.48. The van der Waals surface area contributed by atoms with Gasteiger partial charge in [-0.3, -0.25) is 0 Å². The number of alkyl carbamates (subject to hydrolysis) is 1. The van der Waals surface area contributed by atoms with E-state index >= 15 is 0 Å². The minimum atomic E-state index is -0.518. The Kier molecular flexibility index (Phi) is 5.55. The van der Waals surface area contributed by atoms with E-state index in [1.54, 1.807) is 12.1 Å². The molecule has 0 aliphatic rings. The number of hydrogen-bond donors (Lipinski definition) is 1. The van der Waals surface area contributed by atoms with Gasteiger partial charge in [0.05, 0.1) is 18.7 Å². The van der Waals surface area contributed by atoms with Crippen LogP contribution >= 0.6 is 0 Å². The van der Waals surface area contributed by atoms with Crippen molar-refractivity contribution in [3.05, 3.63) is 35.9 Å². The van der Waals surface area contributed by atoms with Crippen LogP contribution in [0, 0.1) is 0 Å². The highest BCUT2D eigenvalue weighted by Gasteiger charge is 2.05. The van der Waals surface area contributed by atoms with Gasteiger partial charge < -0.3 is 10.1 Å². The zero-order valence-electron chi connectivity index (χ0n) is 9.73. The molecule has 0 radical (unpaired) electrons. The van der Waals surface area contributed by atoms with Gasteiger partial charge in [0.15, 0.2) is 0 Å². The monoisotopic (exact) mass is 233 g/mol. The Labute approximate surface area is 100 Å². The first kappa shape index (κ1) is 13.0. The summed E-state index contributed by atoms with van der Waals surface area (Å²) in [6, 6.07) is 9.08. The average Bonchev–Trinajstić information content (AvgIpc) is 2.38. The van der Waals surface area contributed by atoms with Crippen molar-refractivity contribution in [2.24, 2.45) is 0 Å². The van der Waals surface area contributed by atoms with Gasteiger partial charge in [0.1, 0.15) is 5.94 Å². The molecule has 0 heterocycles. The zero-order valence-corrected chi connectivity index (χ0v) is 9.73. The number of rotatable bonds is 5. The van der Waals surface area contributed by atoms with Crippen LogP contribution in [0.5, 0.6) is 0 Å². The van der Waals surface area contributed by atoms with E-state index in [1.807, 2.05) is 31.1 Å². The van der Waals surface area contributed by atoms with Crippen LogP contribution in [0.4, 0.5) is 4.79 Å². The summed E-state index contributed by atoms with van der Waals surface area (Å²) >= 11 is 0. The third kappa shape index (κ3) is 4.53. The molecule has 1 aromatic carbocycles. The second-order valence-corrected chi connectivity index (χ2v) is 3.44. The van der Waals surface area contributed by atoms with Crippen LogP contribution in [0.1, 0.15) is 18.9 Å². The predicted octanol–water partition coefficient (Wildman–Crippen LogP) is 2.04. The molecule has 1 rings (SSSR count). The van der Waals surface area contributed by atoms with E-state index in [2.05, 4.69) is 5.32 Å². The highest BCUT2D eigenvalue weighted by molar-refractivity contribution is 5.89. The van der Waals surface area contributed by atoms with Crippen LogP contribution in [-0.2, 0) is 9.53 Å². The van der Waals surface area contributed by atoms with Gasteiger partial charge in [-0.2, -0.15) is 0 Å². The minimum Gasteiger partial charge on any atom is -0.450 e. The summed E-state index contributed by atoms with van der Waals surface area (Å²) in [6.07, 6.45) is 0.248. The SMILES string of the molecule is CCCOC(=O)NCC(=C=O)c1ccccc1. The molecule has 90 valence electrons. The molecule has 0 saturated heterocycles. The molecule has 0 spiro atoms. The number of carbonyl (C=O) groups excluding carboxylic acids is 2. The molecule has 1 amide bonds.